The van der Waals surface area contributed by atoms with Gasteiger partial charge in [-0.05, 0) is 49.7 Å². The van der Waals surface area contributed by atoms with E-state index in [9.17, 15) is 13.6 Å². The molecule has 0 unspecified atom stereocenters. The van der Waals surface area contributed by atoms with E-state index < -0.39 is 17.7 Å². The Hall–Kier alpha value is -3.59. The summed E-state index contributed by atoms with van der Waals surface area (Å²) in [5.41, 5.74) is 3.59. The number of aromatic nitrogens is 2. The number of carbonyl (C=O) groups is 1. The highest BCUT2D eigenvalue weighted by Gasteiger charge is 2.19. The van der Waals surface area contributed by atoms with E-state index in [1.165, 1.54) is 6.07 Å². The average molecular weight is 453 g/mol. The molecule has 0 atom stereocenters. The monoisotopic (exact) mass is 453 g/mol. The number of hydrogen-bond acceptors (Lipinski definition) is 5. The molecule has 4 rings (SSSR count). The van der Waals surface area contributed by atoms with E-state index in [1.54, 1.807) is 12.1 Å². The van der Waals surface area contributed by atoms with Crippen molar-refractivity contribution < 1.29 is 18.3 Å². The van der Waals surface area contributed by atoms with Crippen LogP contribution in [0, 0.1) is 18.6 Å². The van der Waals surface area contributed by atoms with Crippen LogP contribution >= 0.6 is 0 Å². The van der Waals surface area contributed by atoms with Gasteiger partial charge in [-0.2, -0.15) is 0 Å². The Morgan fingerprint density at radius 1 is 1.00 bits per heavy atom. The predicted molar refractivity (Wildman–Crippen MR) is 124 cm³/mol. The number of hydrogen-bond donors (Lipinski definition) is 2. The third-order valence-electron chi connectivity index (χ3n) is 5.44. The van der Waals surface area contributed by atoms with Crippen LogP contribution in [0.5, 0.6) is 0 Å². The number of anilines is 3. The lowest BCUT2D eigenvalue weighted by Crippen LogP contribution is -2.37. The molecular weight excluding hydrogens is 428 g/mol. The highest BCUT2D eigenvalue weighted by atomic mass is 19.2. The molecule has 172 valence electrons. The van der Waals surface area contributed by atoms with Gasteiger partial charge in [0.1, 0.15) is 5.82 Å². The highest BCUT2D eigenvalue weighted by molar-refractivity contribution is 5.99. The second-order valence-corrected chi connectivity index (χ2v) is 7.68. The van der Waals surface area contributed by atoms with Gasteiger partial charge in [0.05, 0.1) is 13.2 Å². The molecule has 1 fully saturated rings. The largest absolute Gasteiger partial charge is 0.378 e. The molecule has 0 aliphatic carbocycles. The van der Waals surface area contributed by atoms with Crippen LogP contribution in [0.4, 0.5) is 30.8 Å². The molecule has 0 radical (unpaired) electrons. The van der Waals surface area contributed by atoms with Gasteiger partial charge in [-0.15, -0.1) is 0 Å². The van der Waals surface area contributed by atoms with Gasteiger partial charge < -0.3 is 20.3 Å². The fourth-order valence-corrected chi connectivity index (χ4v) is 3.68. The molecule has 3 aromatic rings. The van der Waals surface area contributed by atoms with Crippen LogP contribution in [0.1, 0.15) is 18.2 Å². The van der Waals surface area contributed by atoms with Crippen LogP contribution in [0.15, 0.2) is 42.5 Å². The molecule has 1 aliphatic rings. The minimum atomic E-state index is -1.03. The smallest absolute Gasteiger partial charge is 0.323 e. The summed E-state index contributed by atoms with van der Waals surface area (Å²) in [6.45, 7) is 7.04. The third-order valence-corrected chi connectivity index (χ3v) is 5.44. The Morgan fingerprint density at radius 3 is 2.33 bits per heavy atom. The fraction of sp³-hybridized carbons (Fsp3) is 0.292. The summed E-state index contributed by atoms with van der Waals surface area (Å²) in [7, 11) is 0. The predicted octanol–water partition coefficient (Wildman–Crippen LogP) is 4.77. The lowest BCUT2D eigenvalue weighted by Gasteiger charge is -2.29. The van der Waals surface area contributed by atoms with Crippen molar-refractivity contribution in [2.45, 2.75) is 20.3 Å². The van der Waals surface area contributed by atoms with E-state index in [-0.39, 0.29) is 5.69 Å². The zero-order chi connectivity index (χ0) is 23.4. The molecule has 2 aromatic carbocycles. The summed E-state index contributed by atoms with van der Waals surface area (Å²) in [5, 5.41) is 5.14. The first-order valence-corrected chi connectivity index (χ1v) is 10.8. The number of ether oxygens (including phenoxy) is 1. The minimum Gasteiger partial charge on any atom is -0.378 e. The summed E-state index contributed by atoms with van der Waals surface area (Å²) in [4.78, 5) is 24.0. The molecule has 2 heterocycles. The van der Waals surface area contributed by atoms with Crippen molar-refractivity contribution in [2.24, 2.45) is 0 Å². The number of benzene rings is 2. The van der Waals surface area contributed by atoms with Crippen LogP contribution in [-0.2, 0) is 11.2 Å². The lowest BCUT2D eigenvalue weighted by atomic mass is 10.1. The second-order valence-electron chi connectivity index (χ2n) is 7.68. The van der Waals surface area contributed by atoms with Gasteiger partial charge >= 0.3 is 6.03 Å². The summed E-state index contributed by atoms with van der Waals surface area (Å²) in [6.07, 6.45) is 0.794. The summed E-state index contributed by atoms with van der Waals surface area (Å²) < 4.78 is 31.8. The molecule has 1 aliphatic heterocycles. The van der Waals surface area contributed by atoms with Gasteiger partial charge in [0.15, 0.2) is 17.5 Å². The summed E-state index contributed by atoms with van der Waals surface area (Å²) in [6, 6.07) is 9.74. The lowest BCUT2D eigenvalue weighted by molar-refractivity contribution is 0.122. The zero-order valence-electron chi connectivity index (χ0n) is 18.5. The Kier molecular flexibility index (Phi) is 6.79. The summed E-state index contributed by atoms with van der Waals surface area (Å²) >= 11 is 0. The number of carbonyl (C=O) groups excluding carboxylic acids is 1. The van der Waals surface area contributed by atoms with Crippen molar-refractivity contribution in [3.05, 3.63) is 65.4 Å². The first-order chi connectivity index (χ1) is 15.9. The Labute approximate surface area is 190 Å². The summed E-state index contributed by atoms with van der Waals surface area (Å²) in [5.74, 6) is -0.457. The van der Waals surface area contributed by atoms with Crippen molar-refractivity contribution in [1.29, 1.82) is 0 Å². The molecule has 33 heavy (non-hydrogen) atoms. The van der Waals surface area contributed by atoms with Gasteiger partial charge in [-0.3, -0.25) is 0 Å². The van der Waals surface area contributed by atoms with E-state index in [1.807, 2.05) is 19.1 Å². The number of rotatable bonds is 5. The first kappa shape index (κ1) is 22.6. The van der Waals surface area contributed by atoms with E-state index in [4.69, 9.17) is 14.7 Å². The van der Waals surface area contributed by atoms with E-state index in [0.717, 1.165) is 54.3 Å². The van der Waals surface area contributed by atoms with E-state index in [2.05, 4.69) is 22.5 Å². The Morgan fingerprint density at radius 2 is 1.67 bits per heavy atom. The Balaban J connectivity index is 1.50. The molecule has 7 nitrogen and oxygen atoms in total. The van der Waals surface area contributed by atoms with Crippen LogP contribution in [0.2, 0.25) is 0 Å². The molecule has 2 N–H and O–H groups in total. The van der Waals surface area contributed by atoms with Crippen LogP contribution in [0.3, 0.4) is 0 Å². The van der Waals surface area contributed by atoms with Gasteiger partial charge in [0.25, 0.3) is 0 Å². The molecule has 1 saturated heterocycles. The molecule has 0 spiro atoms. The van der Waals surface area contributed by atoms with Crippen molar-refractivity contribution >= 4 is 23.2 Å². The van der Waals surface area contributed by atoms with Crippen molar-refractivity contribution in [2.75, 3.05) is 41.8 Å². The molecule has 0 saturated carbocycles. The van der Waals surface area contributed by atoms with Gasteiger partial charge in [-0.1, -0.05) is 6.92 Å². The molecule has 9 heteroatoms. The molecular formula is C24H25F2N5O2. The van der Waals surface area contributed by atoms with E-state index in [0.29, 0.717) is 24.7 Å². The minimum absolute atomic E-state index is 0.152. The Bertz CT molecular complexity index is 1150. The number of halogens is 2. The van der Waals surface area contributed by atoms with Gasteiger partial charge in [0.2, 0.25) is 0 Å². The maximum atomic E-state index is 13.3. The number of nitrogens with one attached hydrogen (secondary N) is 2. The maximum absolute atomic E-state index is 13.3. The topological polar surface area (TPSA) is 79.4 Å². The first-order valence-electron chi connectivity index (χ1n) is 10.8. The maximum Gasteiger partial charge on any atom is 0.323 e. The van der Waals surface area contributed by atoms with Gasteiger partial charge in [-0.25, -0.2) is 23.5 Å². The SMILES string of the molecule is CCc1nc(-c2ccc(NC(=O)Nc3ccc(F)c(F)c3)cc2)nc(N2CCOCC2)c1C. The number of amides is 2. The molecule has 1 aromatic heterocycles. The van der Waals surface area contributed by atoms with Crippen LogP contribution in [-0.4, -0.2) is 42.3 Å². The highest BCUT2D eigenvalue weighted by Crippen LogP contribution is 2.26. The van der Waals surface area contributed by atoms with Crippen LogP contribution in [0.25, 0.3) is 11.4 Å². The van der Waals surface area contributed by atoms with Crippen molar-refractivity contribution in [3.8, 4) is 11.4 Å². The number of nitrogens with zero attached hydrogens (tertiary/aromatic N) is 3. The normalized spacial score (nSPS) is 13.6. The average Bonchev–Trinajstić information content (AvgIpc) is 2.82. The van der Waals surface area contributed by atoms with Crippen LogP contribution < -0.4 is 15.5 Å². The quantitative estimate of drug-likeness (QED) is 0.582. The number of morpholine rings is 1. The zero-order valence-corrected chi connectivity index (χ0v) is 18.5. The van der Waals surface area contributed by atoms with Crippen molar-refractivity contribution in [3.63, 3.8) is 0 Å². The standard InChI is InChI=1S/C24H25F2N5O2/c1-3-21-15(2)23(31-10-12-33-13-11-31)30-22(29-21)16-4-6-17(7-5-16)27-24(32)28-18-8-9-19(25)20(26)14-18/h4-9,14H,3,10-13H2,1-2H3,(H2,27,28,32). The molecule has 2 amide bonds. The second kappa shape index (κ2) is 9.91. The molecule has 0 bridgehead atoms. The number of urea groups is 1. The number of aryl methyl sites for hydroxylation is 1. The van der Waals surface area contributed by atoms with Gasteiger partial charge in [0, 0.05) is 47.4 Å². The van der Waals surface area contributed by atoms with E-state index >= 15 is 0 Å². The van der Waals surface area contributed by atoms with Crippen molar-refractivity contribution in [1.82, 2.24) is 9.97 Å². The fourth-order valence-electron chi connectivity index (χ4n) is 3.68. The third kappa shape index (κ3) is 5.25.